The zero-order chi connectivity index (χ0) is 8.53. The molecule has 0 saturated carbocycles. The predicted octanol–water partition coefficient (Wildman–Crippen LogP) is 4.10. The molecule has 0 aromatic carbocycles. The van der Waals surface area contributed by atoms with Crippen LogP contribution in [0.25, 0.3) is 0 Å². The second-order valence-electron chi connectivity index (χ2n) is 3.01. The van der Waals surface area contributed by atoms with Gasteiger partial charge in [-0.25, -0.2) is 0 Å². The first kappa shape index (κ1) is 11.4. The summed E-state index contributed by atoms with van der Waals surface area (Å²) >= 11 is 2.14. The van der Waals surface area contributed by atoms with Gasteiger partial charge in [0.25, 0.3) is 0 Å². The van der Waals surface area contributed by atoms with Crippen molar-refractivity contribution in [3.05, 3.63) is 0 Å². The summed E-state index contributed by atoms with van der Waals surface area (Å²) in [5, 5.41) is 0.949. The molecule has 0 spiro atoms. The van der Waals surface area contributed by atoms with Gasteiger partial charge in [-0.15, -0.1) is 0 Å². The van der Waals surface area contributed by atoms with Crippen molar-refractivity contribution in [2.24, 2.45) is 0 Å². The van der Waals surface area contributed by atoms with Gasteiger partial charge in [0.05, 0.1) is 0 Å². The fourth-order valence-electron chi connectivity index (χ4n) is 1.30. The van der Waals surface area contributed by atoms with E-state index in [0.717, 1.165) is 5.25 Å². The number of thioether (sulfide) groups is 1. The van der Waals surface area contributed by atoms with E-state index in [4.69, 9.17) is 0 Å². The van der Waals surface area contributed by atoms with Crippen LogP contribution in [0.1, 0.15) is 52.9 Å². The summed E-state index contributed by atoms with van der Waals surface area (Å²) < 4.78 is 0. The van der Waals surface area contributed by atoms with Crippen LogP contribution in [-0.4, -0.2) is 11.0 Å². The van der Waals surface area contributed by atoms with E-state index in [-0.39, 0.29) is 0 Å². The Morgan fingerprint density at radius 2 is 1.73 bits per heavy atom. The Kier molecular flexibility index (Phi) is 8.72. The van der Waals surface area contributed by atoms with Gasteiger partial charge in [0.1, 0.15) is 0 Å². The highest BCUT2D eigenvalue weighted by atomic mass is 32.2. The third kappa shape index (κ3) is 6.74. The van der Waals surface area contributed by atoms with Crippen LogP contribution in [0.15, 0.2) is 0 Å². The lowest BCUT2D eigenvalue weighted by atomic mass is 10.1. The molecule has 0 aromatic rings. The van der Waals surface area contributed by atoms with Crippen molar-refractivity contribution in [2.75, 3.05) is 5.75 Å². The molecule has 0 aromatic heterocycles. The van der Waals surface area contributed by atoms with Gasteiger partial charge >= 0.3 is 0 Å². The number of unbranched alkanes of at least 4 members (excludes halogenated alkanes) is 1. The zero-order valence-corrected chi connectivity index (χ0v) is 9.04. The van der Waals surface area contributed by atoms with E-state index in [0.29, 0.717) is 0 Å². The molecule has 0 aliphatic rings. The molecule has 0 amide bonds. The van der Waals surface area contributed by atoms with Gasteiger partial charge in [0.15, 0.2) is 0 Å². The van der Waals surface area contributed by atoms with Crippen molar-refractivity contribution < 1.29 is 0 Å². The quantitative estimate of drug-likeness (QED) is 0.560. The van der Waals surface area contributed by atoms with Crippen LogP contribution in [0.4, 0.5) is 0 Å². The molecule has 1 unspecified atom stereocenters. The Bertz CT molecular complexity index is 65.3. The smallest absolute Gasteiger partial charge is 0.00468 e. The largest absolute Gasteiger partial charge is 0.159 e. The van der Waals surface area contributed by atoms with Gasteiger partial charge in [-0.05, 0) is 18.6 Å². The van der Waals surface area contributed by atoms with Crippen molar-refractivity contribution >= 4 is 11.8 Å². The Hall–Kier alpha value is 0.350. The van der Waals surface area contributed by atoms with Crippen molar-refractivity contribution in [1.82, 2.24) is 0 Å². The summed E-state index contributed by atoms with van der Waals surface area (Å²) in [4.78, 5) is 0. The fourth-order valence-corrected chi connectivity index (χ4v) is 2.51. The minimum Gasteiger partial charge on any atom is -0.159 e. The zero-order valence-electron chi connectivity index (χ0n) is 8.23. The number of hydrogen-bond acceptors (Lipinski definition) is 1. The molecule has 0 bridgehead atoms. The fraction of sp³-hybridized carbons (Fsp3) is 1.00. The topological polar surface area (TPSA) is 0 Å². The summed E-state index contributed by atoms with van der Waals surface area (Å²) in [5.74, 6) is 1.29. The van der Waals surface area contributed by atoms with E-state index in [1.54, 1.807) is 0 Å². The summed E-state index contributed by atoms with van der Waals surface area (Å²) in [6, 6.07) is 0. The first-order valence-corrected chi connectivity index (χ1v) is 6.01. The summed E-state index contributed by atoms with van der Waals surface area (Å²) in [6.07, 6.45) is 6.96. The highest BCUT2D eigenvalue weighted by Crippen LogP contribution is 2.21. The first-order valence-electron chi connectivity index (χ1n) is 4.96. The molecule has 0 fully saturated rings. The molecule has 0 saturated heterocycles. The minimum absolute atomic E-state index is 0.949. The van der Waals surface area contributed by atoms with Crippen molar-refractivity contribution in [1.29, 1.82) is 0 Å². The maximum Gasteiger partial charge on any atom is 0.00468 e. The Morgan fingerprint density at radius 3 is 2.18 bits per heavy atom. The molecule has 0 heterocycles. The summed E-state index contributed by atoms with van der Waals surface area (Å²) in [5.41, 5.74) is 0. The molecule has 11 heavy (non-hydrogen) atoms. The molecule has 0 rings (SSSR count). The number of hydrogen-bond donors (Lipinski definition) is 0. The minimum atomic E-state index is 0.949. The first-order chi connectivity index (χ1) is 5.35. The van der Waals surface area contributed by atoms with Crippen LogP contribution in [0.3, 0.4) is 0 Å². The average Bonchev–Trinajstić information content (AvgIpc) is 2.01. The lowest BCUT2D eigenvalue weighted by molar-refractivity contribution is 0.639. The van der Waals surface area contributed by atoms with Crippen molar-refractivity contribution in [3.8, 4) is 0 Å². The SMILES string of the molecule is CCCCC(CCC)SCC. The molecular weight excluding hydrogens is 152 g/mol. The van der Waals surface area contributed by atoms with Crippen LogP contribution in [0, 0.1) is 0 Å². The van der Waals surface area contributed by atoms with Crippen molar-refractivity contribution in [2.45, 2.75) is 58.1 Å². The molecule has 68 valence electrons. The molecule has 1 heteroatoms. The Morgan fingerprint density at radius 1 is 1.00 bits per heavy atom. The number of rotatable bonds is 7. The van der Waals surface area contributed by atoms with Gasteiger partial charge in [-0.1, -0.05) is 40.0 Å². The lowest BCUT2D eigenvalue weighted by Gasteiger charge is -2.13. The van der Waals surface area contributed by atoms with Crippen LogP contribution in [0.2, 0.25) is 0 Å². The van der Waals surface area contributed by atoms with Gasteiger partial charge in [0, 0.05) is 5.25 Å². The lowest BCUT2D eigenvalue weighted by Crippen LogP contribution is -2.02. The molecule has 0 nitrogen and oxygen atoms in total. The molecule has 1 atom stereocenters. The Balaban J connectivity index is 3.34. The molecule has 0 radical (unpaired) electrons. The highest BCUT2D eigenvalue weighted by molar-refractivity contribution is 7.99. The maximum absolute atomic E-state index is 2.29. The van der Waals surface area contributed by atoms with E-state index in [2.05, 4.69) is 32.5 Å². The van der Waals surface area contributed by atoms with Crippen LogP contribution < -0.4 is 0 Å². The maximum atomic E-state index is 2.29. The third-order valence-corrected chi connectivity index (χ3v) is 3.17. The molecular formula is C10H22S. The monoisotopic (exact) mass is 174 g/mol. The molecule has 0 aliphatic carbocycles. The van der Waals surface area contributed by atoms with E-state index in [9.17, 15) is 0 Å². The van der Waals surface area contributed by atoms with E-state index in [1.807, 2.05) is 0 Å². The Labute approximate surface area is 76.1 Å². The van der Waals surface area contributed by atoms with Gasteiger partial charge < -0.3 is 0 Å². The summed E-state index contributed by atoms with van der Waals surface area (Å²) in [6.45, 7) is 6.83. The standard InChI is InChI=1S/C10H22S/c1-4-7-9-10(8-5-2)11-6-3/h10H,4-9H2,1-3H3. The molecule has 0 N–H and O–H groups in total. The average molecular weight is 174 g/mol. The van der Waals surface area contributed by atoms with Crippen LogP contribution >= 0.6 is 11.8 Å². The predicted molar refractivity (Wildman–Crippen MR) is 56.4 cm³/mol. The van der Waals surface area contributed by atoms with Crippen molar-refractivity contribution in [3.63, 3.8) is 0 Å². The second-order valence-corrected chi connectivity index (χ2v) is 4.59. The second kappa shape index (κ2) is 8.45. The third-order valence-electron chi connectivity index (χ3n) is 1.89. The summed E-state index contributed by atoms with van der Waals surface area (Å²) in [7, 11) is 0. The van der Waals surface area contributed by atoms with Gasteiger partial charge in [-0.3, -0.25) is 0 Å². The highest BCUT2D eigenvalue weighted by Gasteiger charge is 2.05. The van der Waals surface area contributed by atoms with E-state index < -0.39 is 0 Å². The molecule has 0 aliphatic heterocycles. The van der Waals surface area contributed by atoms with E-state index in [1.165, 1.54) is 37.9 Å². The normalized spacial score (nSPS) is 13.4. The van der Waals surface area contributed by atoms with Crippen LogP contribution in [-0.2, 0) is 0 Å². The van der Waals surface area contributed by atoms with Gasteiger partial charge in [-0.2, -0.15) is 11.8 Å². The van der Waals surface area contributed by atoms with Gasteiger partial charge in [0.2, 0.25) is 0 Å². The van der Waals surface area contributed by atoms with E-state index >= 15 is 0 Å². The van der Waals surface area contributed by atoms with Crippen LogP contribution in [0.5, 0.6) is 0 Å².